The predicted molar refractivity (Wildman–Crippen MR) is 98.6 cm³/mol. The van der Waals surface area contributed by atoms with E-state index in [1.807, 2.05) is 0 Å². The van der Waals surface area contributed by atoms with Gasteiger partial charge in [-0.15, -0.1) is 0 Å². The number of fused-ring (bicyclic) bond motifs is 3. The SMILES string of the molecule is CCCCCO[C@@H]1CCC2C(CCC3C[C@H](CCC)CCC32)C1. The number of hydrogen-bond donors (Lipinski definition) is 0. The van der Waals surface area contributed by atoms with Crippen LogP contribution in [0.15, 0.2) is 0 Å². The third-order valence-corrected chi connectivity index (χ3v) is 7.40. The fourth-order valence-corrected chi connectivity index (χ4v) is 6.27. The zero-order chi connectivity index (χ0) is 16.1. The molecule has 3 saturated carbocycles. The minimum absolute atomic E-state index is 0.598. The van der Waals surface area contributed by atoms with Crippen molar-refractivity contribution in [1.29, 1.82) is 0 Å². The molecule has 3 aliphatic rings. The summed E-state index contributed by atoms with van der Waals surface area (Å²) in [5, 5.41) is 0. The minimum Gasteiger partial charge on any atom is -0.378 e. The van der Waals surface area contributed by atoms with E-state index in [0.717, 1.165) is 36.2 Å². The predicted octanol–water partition coefficient (Wildman–Crippen LogP) is 6.60. The van der Waals surface area contributed by atoms with Crippen LogP contribution in [-0.2, 0) is 4.74 Å². The molecule has 0 amide bonds. The maximum atomic E-state index is 6.22. The van der Waals surface area contributed by atoms with E-state index in [0.29, 0.717) is 6.10 Å². The molecule has 1 nitrogen and oxygen atoms in total. The number of hydrogen-bond acceptors (Lipinski definition) is 1. The molecule has 23 heavy (non-hydrogen) atoms. The van der Waals surface area contributed by atoms with Crippen molar-refractivity contribution < 1.29 is 4.74 Å². The van der Waals surface area contributed by atoms with E-state index in [1.165, 1.54) is 70.6 Å². The molecule has 0 radical (unpaired) electrons. The van der Waals surface area contributed by atoms with Gasteiger partial charge in [-0.1, -0.05) is 46.0 Å². The Labute approximate surface area is 144 Å². The van der Waals surface area contributed by atoms with Gasteiger partial charge in [0.15, 0.2) is 0 Å². The van der Waals surface area contributed by atoms with Gasteiger partial charge in [0.05, 0.1) is 6.10 Å². The maximum Gasteiger partial charge on any atom is 0.0578 e. The van der Waals surface area contributed by atoms with Crippen LogP contribution in [0.3, 0.4) is 0 Å². The van der Waals surface area contributed by atoms with Gasteiger partial charge in [-0.05, 0) is 81.0 Å². The molecule has 0 saturated heterocycles. The van der Waals surface area contributed by atoms with Crippen LogP contribution in [0.2, 0.25) is 0 Å². The summed E-state index contributed by atoms with van der Waals surface area (Å²) in [6.45, 7) is 5.66. The molecule has 0 heterocycles. The molecule has 134 valence electrons. The quantitative estimate of drug-likeness (QED) is 0.480. The Morgan fingerprint density at radius 1 is 0.739 bits per heavy atom. The molecule has 0 N–H and O–H groups in total. The highest BCUT2D eigenvalue weighted by Crippen LogP contribution is 2.53. The second-order valence-corrected chi connectivity index (χ2v) is 8.91. The lowest BCUT2D eigenvalue weighted by atomic mass is 9.56. The molecule has 0 aromatic carbocycles. The van der Waals surface area contributed by atoms with Gasteiger partial charge in [-0.3, -0.25) is 0 Å². The van der Waals surface area contributed by atoms with E-state index in [1.54, 1.807) is 12.8 Å². The summed E-state index contributed by atoms with van der Waals surface area (Å²) < 4.78 is 6.22. The molecule has 3 fully saturated rings. The molecule has 4 unspecified atom stereocenters. The molecule has 3 aliphatic carbocycles. The van der Waals surface area contributed by atoms with Gasteiger partial charge >= 0.3 is 0 Å². The number of rotatable bonds is 7. The fourth-order valence-electron chi connectivity index (χ4n) is 6.27. The summed E-state index contributed by atoms with van der Waals surface area (Å²) in [7, 11) is 0. The van der Waals surface area contributed by atoms with Crippen LogP contribution in [0.1, 0.15) is 97.3 Å². The van der Waals surface area contributed by atoms with Crippen molar-refractivity contribution in [3.63, 3.8) is 0 Å². The Kier molecular flexibility index (Phi) is 6.86. The van der Waals surface area contributed by atoms with Crippen molar-refractivity contribution >= 4 is 0 Å². The minimum atomic E-state index is 0.598. The third kappa shape index (κ3) is 4.53. The Balaban J connectivity index is 1.46. The molecule has 0 aromatic heterocycles. The molecule has 0 aromatic rings. The molecule has 3 rings (SSSR count). The lowest BCUT2D eigenvalue weighted by molar-refractivity contribution is -0.0538. The second-order valence-electron chi connectivity index (χ2n) is 8.91. The van der Waals surface area contributed by atoms with E-state index in [9.17, 15) is 0 Å². The highest BCUT2D eigenvalue weighted by molar-refractivity contribution is 4.94. The summed E-state index contributed by atoms with van der Waals surface area (Å²) in [5.74, 6) is 5.30. The normalized spacial score (nSPS) is 40.4. The van der Waals surface area contributed by atoms with Crippen molar-refractivity contribution in [3.8, 4) is 0 Å². The number of unbranched alkanes of at least 4 members (excludes halogenated alkanes) is 2. The van der Waals surface area contributed by atoms with Crippen LogP contribution in [0.5, 0.6) is 0 Å². The van der Waals surface area contributed by atoms with Gasteiger partial charge in [-0.25, -0.2) is 0 Å². The van der Waals surface area contributed by atoms with E-state index in [-0.39, 0.29) is 0 Å². The van der Waals surface area contributed by atoms with Crippen LogP contribution in [-0.4, -0.2) is 12.7 Å². The monoisotopic (exact) mass is 320 g/mol. The van der Waals surface area contributed by atoms with Crippen molar-refractivity contribution in [3.05, 3.63) is 0 Å². The largest absolute Gasteiger partial charge is 0.378 e. The average Bonchev–Trinajstić information content (AvgIpc) is 2.58. The third-order valence-electron chi connectivity index (χ3n) is 7.40. The zero-order valence-electron chi connectivity index (χ0n) is 15.8. The molecule has 1 heteroatoms. The van der Waals surface area contributed by atoms with Crippen molar-refractivity contribution in [2.45, 2.75) is 103 Å². The van der Waals surface area contributed by atoms with Crippen LogP contribution >= 0.6 is 0 Å². The van der Waals surface area contributed by atoms with Crippen molar-refractivity contribution in [2.24, 2.45) is 29.6 Å². The van der Waals surface area contributed by atoms with E-state index < -0.39 is 0 Å². The Morgan fingerprint density at radius 2 is 1.48 bits per heavy atom. The maximum absolute atomic E-state index is 6.22. The van der Waals surface area contributed by atoms with Gasteiger partial charge in [-0.2, -0.15) is 0 Å². The van der Waals surface area contributed by atoms with Crippen molar-refractivity contribution in [2.75, 3.05) is 6.61 Å². The lowest BCUT2D eigenvalue weighted by Gasteiger charge is -2.50. The zero-order valence-corrected chi connectivity index (χ0v) is 15.8. The summed E-state index contributed by atoms with van der Waals surface area (Å²) in [5.41, 5.74) is 0. The standard InChI is InChI=1S/C22H40O/c1-3-5-6-14-23-20-11-13-22-19(16-20)10-9-18-15-17(7-4-2)8-12-21(18)22/h17-22H,3-16H2,1-2H3/t17-,18?,19?,20-,21?,22?/m1/s1. The van der Waals surface area contributed by atoms with E-state index in [4.69, 9.17) is 4.74 Å². The Morgan fingerprint density at radius 3 is 2.22 bits per heavy atom. The summed E-state index contributed by atoms with van der Waals surface area (Å²) in [6, 6.07) is 0. The van der Waals surface area contributed by atoms with Gasteiger partial charge in [0.1, 0.15) is 0 Å². The molecule has 0 spiro atoms. The summed E-state index contributed by atoms with van der Waals surface area (Å²) in [6.07, 6.45) is 19.3. The van der Waals surface area contributed by atoms with E-state index in [2.05, 4.69) is 13.8 Å². The van der Waals surface area contributed by atoms with Gasteiger partial charge in [0.2, 0.25) is 0 Å². The van der Waals surface area contributed by atoms with Gasteiger partial charge in [0.25, 0.3) is 0 Å². The molecular formula is C22H40O. The van der Waals surface area contributed by atoms with Crippen LogP contribution in [0, 0.1) is 29.6 Å². The Bertz CT molecular complexity index is 339. The molecule has 6 atom stereocenters. The average molecular weight is 321 g/mol. The topological polar surface area (TPSA) is 9.23 Å². The van der Waals surface area contributed by atoms with Crippen LogP contribution < -0.4 is 0 Å². The molecule has 0 bridgehead atoms. The second kappa shape index (κ2) is 8.88. The number of ether oxygens (including phenoxy) is 1. The van der Waals surface area contributed by atoms with Crippen LogP contribution in [0.25, 0.3) is 0 Å². The smallest absolute Gasteiger partial charge is 0.0578 e. The first-order valence-corrected chi connectivity index (χ1v) is 10.9. The van der Waals surface area contributed by atoms with Crippen molar-refractivity contribution in [1.82, 2.24) is 0 Å². The Hall–Kier alpha value is -0.0400. The summed E-state index contributed by atoms with van der Waals surface area (Å²) in [4.78, 5) is 0. The fraction of sp³-hybridized carbons (Fsp3) is 1.00. The van der Waals surface area contributed by atoms with E-state index >= 15 is 0 Å². The molecular weight excluding hydrogens is 280 g/mol. The first-order valence-electron chi connectivity index (χ1n) is 10.9. The first kappa shape index (κ1) is 17.8. The summed E-state index contributed by atoms with van der Waals surface area (Å²) >= 11 is 0. The highest BCUT2D eigenvalue weighted by atomic mass is 16.5. The van der Waals surface area contributed by atoms with Gasteiger partial charge < -0.3 is 4.74 Å². The highest BCUT2D eigenvalue weighted by Gasteiger charge is 2.44. The van der Waals surface area contributed by atoms with Gasteiger partial charge in [0, 0.05) is 6.61 Å². The lowest BCUT2D eigenvalue weighted by Crippen LogP contribution is -2.42. The van der Waals surface area contributed by atoms with Crippen LogP contribution in [0.4, 0.5) is 0 Å². The molecule has 0 aliphatic heterocycles. The first-order chi connectivity index (χ1) is 11.3.